The number of benzene rings is 1. The number of nitrogens with zero attached hydrogens (tertiary/aromatic N) is 3. The third-order valence-electron chi connectivity index (χ3n) is 5.23. The van der Waals surface area contributed by atoms with Gasteiger partial charge in [-0.1, -0.05) is 18.1 Å². The van der Waals surface area contributed by atoms with Gasteiger partial charge in [0.1, 0.15) is 12.4 Å². The van der Waals surface area contributed by atoms with Crippen LogP contribution < -0.4 is 4.74 Å². The first kappa shape index (κ1) is 21.0. The van der Waals surface area contributed by atoms with Crippen molar-refractivity contribution in [3.8, 4) is 5.75 Å². The second-order valence-electron chi connectivity index (χ2n) is 7.41. The molecule has 3 aromatic rings. The van der Waals surface area contributed by atoms with Gasteiger partial charge in [0.05, 0.1) is 22.6 Å². The number of halogens is 3. The van der Waals surface area contributed by atoms with Gasteiger partial charge in [0.2, 0.25) is 5.76 Å². The minimum absolute atomic E-state index is 0.0519. The SMILES string of the molecule is CCc1cc(C(=O)N2CC[C@@H](c3cc(COc4cccc(C(F)(F)F)c4)[nH]n3)C2)on1. The fourth-order valence-electron chi connectivity index (χ4n) is 3.51. The van der Waals surface area contributed by atoms with E-state index in [1.807, 2.05) is 13.0 Å². The summed E-state index contributed by atoms with van der Waals surface area (Å²) in [6.45, 7) is 3.07. The van der Waals surface area contributed by atoms with Gasteiger partial charge in [0.25, 0.3) is 5.91 Å². The highest BCUT2D eigenvalue weighted by Crippen LogP contribution is 2.32. The van der Waals surface area contributed by atoms with E-state index in [2.05, 4.69) is 15.4 Å². The Bertz CT molecular complexity index is 1060. The third kappa shape index (κ3) is 4.73. The largest absolute Gasteiger partial charge is 0.487 e. The molecule has 2 aromatic heterocycles. The van der Waals surface area contributed by atoms with Crippen molar-refractivity contribution >= 4 is 5.91 Å². The van der Waals surface area contributed by atoms with E-state index < -0.39 is 11.7 Å². The van der Waals surface area contributed by atoms with Crippen LogP contribution >= 0.6 is 0 Å². The second-order valence-corrected chi connectivity index (χ2v) is 7.41. The fraction of sp³-hybridized carbons (Fsp3) is 0.381. The highest BCUT2D eigenvalue weighted by Gasteiger charge is 2.32. The highest BCUT2D eigenvalue weighted by molar-refractivity contribution is 5.91. The summed E-state index contributed by atoms with van der Waals surface area (Å²) in [5, 5.41) is 11.0. The van der Waals surface area contributed by atoms with Crippen LogP contribution in [0.4, 0.5) is 13.2 Å². The summed E-state index contributed by atoms with van der Waals surface area (Å²) in [6, 6.07) is 8.21. The minimum atomic E-state index is -4.42. The van der Waals surface area contributed by atoms with E-state index in [9.17, 15) is 18.0 Å². The van der Waals surface area contributed by atoms with Crippen molar-refractivity contribution in [3.63, 3.8) is 0 Å². The van der Waals surface area contributed by atoms with Crippen LogP contribution in [-0.2, 0) is 19.2 Å². The molecule has 1 saturated heterocycles. The van der Waals surface area contributed by atoms with Crippen molar-refractivity contribution in [1.82, 2.24) is 20.3 Å². The van der Waals surface area contributed by atoms with Gasteiger partial charge in [-0.2, -0.15) is 18.3 Å². The molecule has 0 bridgehead atoms. The number of hydrogen-bond donors (Lipinski definition) is 1. The van der Waals surface area contributed by atoms with Crippen molar-refractivity contribution in [2.75, 3.05) is 13.1 Å². The Morgan fingerprint density at radius 1 is 1.32 bits per heavy atom. The third-order valence-corrected chi connectivity index (χ3v) is 5.23. The van der Waals surface area contributed by atoms with Crippen LogP contribution in [0.25, 0.3) is 0 Å². The number of hydrogen-bond acceptors (Lipinski definition) is 5. The van der Waals surface area contributed by atoms with Crippen LogP contribution in [0.1, 0.15) is 52.5 Å². The number of aromatic nitrogens is 3. The number of nitrogens with one attached hydrogen (secondary N) is 1. The molecule has 1 amide bonds. The molecular formula is C21H21F3N4O3. The zero-order chi connectivity index (χ0) is 22.0. The first-order valence-corrected chi connectivity index (χ1v) is 9.92. The Morgan fingerprint density at radius 2 is 2.16 bits per heavy atom. The van der Waals surface area contributed by atoms with Gasteiger partial charge in [-0.25, -0.2) is 0 Å². The molecule has 3 heterocycles. The molecule has 1 aliphatic rings. The zero-order valence-electron chi connectivity index (χ0n) is 16.8. The molecular weight excluding hydrogens is 413 g/mol. The molecule has 1 N–H and O–H groups in total. The summed E-state index contributed by atoms with van der Waals surface area (Å²) in [6.07, 6.45) is -2.98. The summed E-state index contributed by atoms with van der Waals surface area (Å²) < 4.78 is 49.0. The van der Waals surface area contributed by atoms with Crippen LogP contribution in [-0.4, -0.2) is 39.3 Å². The Morgan fingerprint density at radius 3 is 2.90 bits per heavy atom. The molecule has 164 valence electrons. The predicted molar refractivity (Wildman–Crippen MR) is 104 cm³/mol. The molecule has 0 saturated carbocycles. The van der Waals surface area contributed by atoms with Gasteiger partial charge in [-0.05, 0) is 37.1 Å². The van der Waals surface area contributed by atoms with E-state index in [-0.39, 0.29) is 29.9 Å². The molecule has 0 unspecified atom stereocenters. The van der Waals surface area contributed by atoms with E-state index >= 15 is 0 Å². The number of alkyl halides is 3. The average molecular weight is 434 g/mol. The van der Waals surface area contributed by atoms with Gasteiger partial charge >= 0.3 is 6.18 Å². The number of amides is 1. The lowest BCUT2D eigenvalue weighted by Gasteiger charge is -2.13. The maximum absolute atomic E-state index is 12.8. The number of H-pyrrole nitrogens is 1. The first-order chi connectivity index (χ1) is 14.8. The summed E-state index contributed by atoms with van der Waals surface area (Å²) in [5.74, 6) is 0.214. The summed E-state index contributed by atoms with van der Waals surface area (Å²) >= 11 is 0. The van der Waals surface area contributed by atoms with Crippen molar-refractivity contribution in [2.24, 2.45) is 0 Å². The molecule has 4 rings (SSSR count). The molecule has 1 fully saturated rings. The van der Waals surface area contributed by atoms with Gasteiger partial charge in [0, 0.05) is 25.1 Å². The van der Waals surface area contributed by atoms with Crippen LogP contribution in [0.3, 0.4) is 0 Å². The van der Waals surface area contributed by atoms with E-state index in [1.165, 1.54) is 12.1 Å². The standard InChI is InChI=1S/C21H21F3N4O3/c1-2-15-10-19(31-27-15)20(29)28-7-6-13(11-28)18-9-16(25-26-18)12-30-17-5-3-4-14(8-17)21(22,23)24/h3-5,8-10,13H,2,6-7,11-12H2,1H3,(H,25,26)/t13-/m1/s1. The normalized spacial score (nSPS) is 16.6. The maximum atomic E-state index is 12.8. The average Bonchev–Trinajstić information content (AvgIpc) is 3.51. The number of carbonyl (C=O) groups is 1. The summed E-state index contributed by atoms with van der Waals surface area (Å²) in [4.78, 5) is 14.3. The molecule has 0 aliphatic carbocycles. The van der Waals surface area contributed by atoms with Gasteiger partial charge in [-0.15, -0.1) is 0 Å². The van der Waals surface area contributed by atoms with Crippen LogP contribution in [0.15, 0.2) is 40.9 Å². The van der Waals surface area contributed by atoms with E-state index in [0.29, 0.717) is 25.2 Å². The predicted octanol–water partition coefficient (Wildman–Crippen LogP) is 4.19. The number of rotatable bonds is 6. The highest BCUT2D eigenvalue weighted by atomic mass is 19.4. The Labute approximate surface area is 176 Å². The smallest absolute Gasteiger partial charge is 0.416 e. The lowest BCUT2D eigenvalue weighted by molar-refractivity contribution is -0.137. The second kappa shape index (κ2) is 8.44. The Balaban J connectivity index is 1.34. The van der Waals surface area contributed by atoms with Crippen molar-refractivity contribution < 1.29 is 27.2 Å². The summed E-state index contributed by atoms with van der Waals surface area (Å²) in [5.41, 5.74) is 1.39. The minimum Gasteiger partial charge on any atom is -0.487 e. The van der Waals surface area contributed by atoms with E-state index in [0.717, 1.165) is 29.9 Å². The van der Waals surface area contributed by atoms with Crippen LogP contribution in [0.5, 0.6) is 5.75 Å². The molecule has 0 spiro atoms. The Kier molecular flexibility index (Phi) is 5.71. The number of aryl methyl sites for hydroxylation is 1. The fourth-order valence-corrected chi connectivity index (χ4v) is 3.51. The van der Waals surface area contributed by atoms with Crippen molar-refractivity contribution in [1.29, 1.82) is 0 Å². The topological polar surface area (TPSA) is 84.2 Å². The first-order valence-electron chi connectivity index (χ1n) is 9.92. The van der Waals surface area contributed by atoms with Gasteiger partial charge in [-0.3, -0.25) is 9.89 Å². The summed E-state index contributed by atoms with van der Waals surface area (Å²) in [7, 11) is 0. The molecule has 1 atom stereocenters. The van der Waals surface area contributed by atoms with Crippen LogP contribution in [0.2, 0.25) is 0 Å². The van der Waals surface area contributed by atoms with Crippen LogP contribution in [0, 0.1) is 0 Å². The number of likely N-dealkylation sites (tertiary alicyclic amines) is 1. The van der Waals surface area contributed by atoms with Crippen molar-refractivity contribution in [2.45, 2.75) is 38.5 Å². The zero-order valence-corrected chi connectivity index (χ0v) is 16.8. The molecule has 1 aromatic carbocycles. The Hall–Kier alpha value is -3.30. The van der Waals surface area contributed by atoms with E-state index in [1.54, 1.807) is 11.0 Å². The lowest BCUT2D eigenvalue weighted by atomic mass is 10.1. The number of carbonyl (C=O) groups excluding carboxylic acids is 1. The van der Waals surface area contributed by atoms with Crippen molar-refractivity contribution in [3.05, 3.63) is 64.8 Å². The lowest BCUT2D eigenvalue weighted by Crippen LogP contribution is -2.28. The maximum Gasteiger partial charge on any atom is 0.416 e. The molecule has 1 aliphatic heterocycles. The van der Waals surface area contributed by atoms with E-state index in [4.69, 9.17) is 9.26 Å². The van der Waals surface area contributed by atoms with Gasteiger partial charge < -0.3 is 14.2 Å². The monoisotopic (exact) mass is 434 g/mol. The molecule has 10 heteroatoms. The number of ether oxygens (including phenoxy) is 1. The molecule has 31 heavy (non-hydrogen) atoms. The molecule has 0 radical (unpaired) electrons. The van der Waals surface area contributed by atoms with Gasteiger partial charge in [0.15, 0.2) is 0 Å². The molecule has 7 nitrogen and oxygen atoms in total. The number of aromatic amines is 1. The quantitative estimate of drug-likeness (QED) is 0.629.